The SMILES string of the molecule is CN=C(NCC1CCCCC1C(F)(F)F)N1CCC2(CCOC2)C1. The first-order valence-corrected chi connectivity index (χ1v) is 9.04. The number of guanidine groups is 1. The largest absolute Gasteiger partial charge is 0.392 e. The van der Waals surface area contributed by atoms with Gasteiger partial charge >= 0.3 is 6.18 Å². The third-order valence-electron chi connectivity index (χ3n) is 5.99. The number of nitrogens with one attached hydrogen (secondary N) is 1. The van der Waals surface area contributed by atoms with Gasteiger partial charge in [0.25, 0.3) is 0 Å². The van der Waals surface area contributed by atoms with E-state index >= 15 is 0 Å². The second-order valence-corrected chi connectivity index (χ2v) is 7.59. The number of hydrogen-bond donors (Lipinski definition) is 1. The van der Waals surface area contributed by atoms with Crippen LogP contribution in [0.2, 0.25) is 0 Å². The van der Waals surface area contributed by atoms with Gasteiger partial charge < -0.3 is 15.0 Å². The molecule has 2 saturated heterocycles. The van der Waals surface area contributed by atoms with Crippen LogP contribution < -0.4 is 5.32 Å². The molecule has 7 heteroatoms. The average molecular weight is 347 g/mol. The molecule has 138 valence electrons. The lowest BCUT2D eigenvalue weighted by atomic mass is 9.79. The van der Waals surface area contributed by atoms with E-state index in [4.69, 9.17) is 4.74 Å². The van der Waals surface area contributed by atoms with Crippen molar-refractivity contribution >= 4 is 5.96 Å². The van der Waals surface area contributed by atoms with Crippen LogP contribution in [-0.2, 0) is 4.74 Å². The molecule has 24 heavy (non-hydrogen) atoms. The zero-order valence-corrected chi connectivity index (χ0v) is 14.4. The van der Waals surface area contributed by atoms with Crippen LogP contribution in [0.3, 0.4) is 0 Å². The molecule has 0 aromatic heterocycles. The second-order valence-electron chi connectivity index (χ2n) is 7.59. The van der Waals surface area contributed by atoms with Gasteiger partial charge in [-0.2, -0.15) is 13.2 Å². The zero-order chi connectivity index (χ0) is 17.2. The molecular weight excluding hydrogens is 319 g/mol. The Balaban J connectivity index is 1.56. The van der Waals surface area contributed by atoms with Gasteiger partial charge in [-0.05, 0) is 31.6 Å². The van der Waals surface area contributed by atoms with Gasteiger partial charge in [0.1, 0.15) is 0 Å². The highest BCUT2D eigenvalue weighted by atomic mass is 19.4. The van der Waals surface area contributed by atoms with Crippen molar-refractivity contribution in [3.05, 3.63) is 0 Å². The molecule has 2 aliphatic heterocycles. The molecule has 3 unspecified atom stereocenters. The maximum atomic E-state index is 13.2. The minimum absolute atomic E-state index is 0.219. The topological polar surface area (TPSA) is 36.9 Å². The molecule has 0 aromatic carbocycles. The highest BCUT2D eigenvalue weighted by Gasteiger charge is 2.46. The lowest BCUT2D eigenvalue weighted by Crippen LogP contribution is -2.46. The molecule has 0 aromatic rings. The van der Waals surface area contributed by atoms with Gasteiger partial charge in [-0.15, -0.1) is 0 Å². The Morgan fingerprint density at radius 3 is 2.75 bits per heavy atom. The Bertz CT molecular complexity index is 460. The van der Waals surface area contributed by atoms with E-state index in [0.717, 1.165) is 51.5 Å². The number of aliphatic imine (C=N–C) groups is 1. The number of hydrogen-bond acceptors (Lipinski definition) is 2. The predicted octanol–water partition coefficient (Wildman–Crippen LogP) is 3.04. The fourth-order valence-corrected chi connectivity index (χ4v) is 4.52. The highest BCUT2D eigenvalue weighted by molar-refractivity contribution is 5.80. The maximum Gasteiger partial charge on any atom is 0.392 e. The van der Waals surface area contributed by atoms with Crippen molar-refractivity contribution in [2.24, 2.45) is 22.2 Å². The summed E-state index contributed by atoms with van der Waals surface area (Å²) >= 11 is 0. The molecule has 1 aliphatic carbocycles. The van der Waals surface area contributed by atoms with Crippen LogP contribution in [0.4, 0.5) is 13.2 Å². The summed E-state index contributed by atoms with van der Waals surface area (Å²) in [6, 6.07) is 0. The molecule has 0 bridgehead atoms. The van der Waals surface area contributed by atoms with E-state index in [1.54, 1.807) is 7.05 Å². The molecule has 1 saturated carbocycles. The fourth-order valence-electron chi connectivity index (χ4n) is 4.52. The smallest absolute Gasteiger partial charge is 0.381 e. The van der Waals surface area contributed by atoms with Crippen molar-refractivity contribution in [2.75, 3.05) is 39.9 Å². The van der Waals surface area contributed by atoms with Gasteiger partial charge in [-0.25, -0.2) is 0 Å². The molecule has 3 aliphatic rings. The van der Waals surface area contributed by atoms with E-state index in [1.165, 1.54) is 0 Å². The van der Waals surface area contributed by atoms with E-state index in [-0.39, 0.29) is 17.8 Å². The third-order valence-corrected chi connectivity index (χ3v) is 5.99. The molecule has 1 spiro atoms. The van der Waals surface area contributed by atoms with Crippen LogP contribution in [0.25, 0.3) is 0 Å². The van der Waals surface area contributed by atoms with Gasteiger partial charge in [0.2, 0.25) is 0 Å². The lowest BCUT2D eigenvalue weighted by molar-refractivity contribution is -0.195. The van der Waals surface area contributed by atoms with Crippen molar-refractivity contribution < 1.29 is 17.9 Å². The summed E-state index contributed by atoms with van der Waals surface area (Å²) in [6.07, 6.45) is 0.535. The van der Waals surface area contributed by atoms with Crippen LogP contribution in [-0.4, -0.2) is 56.9 Å². The van der Waals surface area contributed by atoms with Gasteiger partial charge in [0, 0.05) is 38.7 Å². The average Bonchev–Trinajstić information content (AvgIpc) is 3.18. The number of halogens is 3. The third kappa shape index (κ3) is 3.81. The minimum Gasteiger partial charge on any atom is -0.381 e. The number of nitrogens with zero attached hydrogens (tertiary/aromatic N) is 2. The van der Waals surface area contributed by atoms with E-state index in [9.17, 15) is 13.2 Å². The normalized spacial score (nSPS) is 35.0. The van der Waals surface area contributed by atoms with Crippen molar-refractivity contribution in [1.29, 1.82) is 0 Å². The minimum atomic E-state index is -4.09. The number of likely N-dealkylation sites (tertiary alicyclic amines) is 1. The molecule has 0 amide bonds. The number of ether oxygens (including phenoxy) is 1. The van der Waals surface area contributed by atoms with Crippen LogP contribution in [0, 0.1) is 17.3 Å². The van der Waals surface area contributed by atoms with E-state index in [0.29, 0.717) is 19.4 Å². The van der Waals surface area contributed by atoms with Crippen molar-refractivity contribution in [1.82, 2.24) is 10.2 Å². The first kappa shape index (κ1) is 17.8. The Kier molecular flexibility index (Phi) is 5.27. The molecule has 3 fully saturated rings. The van der Waals surface area contributed by atoms with Gasteiger partial charge in [-0.3, -0.25) is 4.99 Å². The maximum absolute atomic E-state index is 13.2. The van der Waals surface area contributed by atoms with Gasteiger partial charge in [-0.1, -0.05) is 12.8 Å². The first-order chi connectivity index (χ1) is 11.4. The van der Waals surface area contributed by atoms with Crippen molar-refractivity contribution in [2.45, 2.75) is 44.7 Å². The van der Waals surface area contributed by atoms with Crippen LogP contribution in [0.15, 0.2) is 4.99 Å². The van der Waals surface area contributed by atoms with E-state index in [2.05, 4.69) is 15.2 Å². The Labute approximate surface area is 141 Å². The van der Waals surface area contributed by atoms with Gasteiger partial charge in [0.15, 0.2) is 5.96 Å². The summed E-state index contributed by atoms with van der Waals surface area (Å²) < 4.78 is 45.2. The Morgan fingerprint density at radius 2 is 2.08 bits per heavy atom. The summed E-state index contributed by atoms with van der Waals surface area (Å²) in [5, 5.41) is 3.22. The standard InChI is InChI=1S/C17H28F3N3O/c1-21-15(23-8-6-16(11-23)7-9-24-12-16)22-10-13-4-2-3-5-14(13)17(18,19)20/h13-14H,2-12H2,1H3,(H,21,22). The molecular formula is C17H28F3N3O. The van der Waals surface area contributed by atoms with Crippen molar-refractivity contribution in [3.8, 4) is 0 Å². The Hall–Kier alpha value is -0.980. The summed E-state index contributed by atoms with van der Waals surface area (Å²) in [5.74, 6) is -0.780. The monoisotopic (exact) mass is 347 g/mol. The first-order valence-electron chi connectivity index (χ1n) is 9.04. The number of rotatable bonds is 2. The molecule has 2 heterocycles. The van der Waals surface area contributed by atoms with E-state index in [1.807, 2.05) is 0 Å². The predicted molar refractivity (Wildman–Crippen MR) is 86.9 cm³/mol. The summed E-state index contributed by atoms with van der Waals surface area (Å²) in [6.45, 7) is 3.75. The number of alkyl halides is 3. The lowest BCUT2D eigenvalue weighted by Gasteiger charge is -2.34. The summed E-state index contributed by atoms with van der Waals surface area (Å²) in [7, 11) is 1.71. The van der Waals surface area contributed by atoms with Gasteiger partial charge in [0.05, 0.1) is 12.5 Å². The zero-order valence-electron chi connectivity index (χ0n) is 14.4. The molecule has 0 radical (unpaired) electrons. The fraction of sp³-hybridized carbons (Fsp3) is 0.941. The molecule has 1 N–H and O–H groups in total. The molecule has 4 nitrogen and oxygen atoms in total. The summed E-state index contributed by atoms with van der Waals surface area (Å²) in [5.41, 5.74) is 0.219. The van der Waals surface area contributed by atoms with Crippen LogP contribution in [0.5, 0.6) is 0 Å². The van der Waals surface area contributed by atoms with Crippen LogP contribution >= 0.6 is 0 Å². The van der Waals surface area contributed by atoms with Crippen molar-refractivity contribution in [3.63, 3.8) is 0 Å². The summed E-state index contributed by atoms with van der Waals surface area (Å²) in [4.78, 5) is 6.49. The highest BCUT2D eigenvalue weighted by Crippen LogP contribution is 2.41. The van der Waals surface area contributed by atoms with E-state index < -0.39 is 12.1 Å². The molecule has 3 rings (SSSR count). The van der Waals surface area contributed by atoms with Crippen LogP contribution in [0.1, 0.15) is 38.5 Å². The Morgan fingerprint density at radius 1 is 1.29 bits per heavy atom. The molecule has 3 atom stereocenters. The quantitative estimate of drug-likeness (QED) is 0.616. The second kappa shape index (κ2) is 7.10.